The SMILES string of the molecule is Cc1cnc(-c2ccc(-c3ccn(CC[C@](C)(C(=O)NO)S(C)(=O)=O)c(=O)c3)cc2)nc1. The Bertz CT molecular complexity index is 1290. The molecule has 1 aromatic carbocycles. The number of aromatic nitrogens is 3. The summed E-state index contributed by atoms with van der Waals surface area (Å²) in [7, 11) is -3.84. The third kappa shape index (κ3) is 4.76. The van der Waals surface area contributed by atoms with Crippen molar-refractivity contribution in [3.05, 3.63) is 70.9 Å². The van der Waals surface area contributed by atoms with Gasteiger partial charge in [0.05, 0.1) is 0 Å². The molecule has 168 valence electrons. The molecular formula is C22H24N4O5S. The number of carbonyl (C=O) groups is 1. The summed E-state index contributed by atoms with van der Waals surface area (Å²) in [6.45, 7) is 3.12. The number of nitrogens with zero attached hydrogens (tertiary/aromatic N) is 3. The van der Waals surface area contributed by atoms with Crippen molar-refractivity contribution in [2.75, 3.05) is 6.26 Å². The minimum atomic E-state index is -3.84. The van der Waals surface area contributed by atoms with Crippen LogP contribution in [0.1, 0.15) is 18.9 Å². The number of hydrogen-bond donors (Lipinski definition) is 2. The van der Waals surface area contributed by atoms with Crippen molar-refractivity contribution >= 4 is 15.7 Å². The molecule has 3 aromatic rings. The zero-order valence-corrected chi connectivity index (χ0v) is 18.8. The summed E-state index contributed by atoms with van der Waals surface area (Å²) in [5.74, 6) is -0.430. The van der Waals surface area contributed by atoms with Crippen LogP contribution in [0.2, 0.25) is 0 Å². The van der Waals surface area contributed by atoms with E-state index >= 15 is 0 Å². The molecule has 0 unspecified atom stereocenters. The van der Waals surface area contributed by atoms with E-state index in [-0.39, 0.29) is 18.5 Å². The van der Waals surface area contributed by atoms with Crippen molar-refractivity contribution in [2.24, 2.45) is 0 Å². The zero-order chi connectivity index (χ0) is 23.5. The molecule has 3 rings (SSSR count). The second kappa shape index (κ2) is 9.01. The normalized spacial score (nSPS) is 13.4. The number of sulfone groups is 1. The van der Waals surface area contributed by atoms with E-state index in [0.717, 1.165) is 22.9 Å². The van der Waals surface area contributed by atoms with Gasteiger partial charge >= 0.3 is 0 Å². The van der Waals surface area contributed by atoms with Gasteiger partial charge in [-0.2, -0.15) is 0 Å². The Labute approximate surface area is 185 Å². The predicted octanol–water partition coefficient (Wildman–Crippen LogP) is 1.98. The first-order valence-corrected chi connectivity index (χ1v) is 11.7. The van der Waals surface area contributed by atoms with E-state index in [0.29, 0.717) is 11.4 Å². The standard InChI is InChI=1S/C22H24N4O5S/c1-15-13-23-20(24-14-15)17-6-4-16(5-7-17)18-8-10-26(19(27)12-18)11-9-22(2,21(28)25-29)32(3,30)31/h4-8,10,12-14,29H,9,11H2,1-3H3,(H,25,28)/t22-/m1/s1. The van der Waals surface area contributed by atoms with E-state index in [1.54, 1.807) is 24.7 Å². The maximum Gasteiger partial charge on any atom is 0.264 e. The molecule has 0 saturated heterocycles. The highest BCUT2D eigenvalue weighted by Gasteiger charge is 2.43. The van der Waals surface area contributed by atoms with E-state index in [1.165, 1.54) is 23.0 Å². The van der Waals surface area contributed by atoms with Gasteiger partial charge in [0.2, 0.25) is 0 Å². The van der Waals surface area contributed by atoms with Gasteiger partial charge in [-0.05, 0) is 43.0 Å². The highest BCUT2D eigenvalue weighted by Crippen LogP contribution is 2.24. The van der Waals surface area contributed by atoms with Crippen LogP contribution in [0.3, 0.4) is 0 Å². The molecule has 0 spiro atoms. The van der Waals surface area contributed by atoms with Crippen molar-refractivity contribution in [3.63, 3.8) is 0 Å². The van der Waals surface area contributed by atoms with Crippen molar-refractivity contribution in [1.29, 1.82) is 0 Å². The molecule has 0 aliphatic rings. The van der Waals surface area contributed by atoms with Crippen molar-refractivity contribution in [1.82, 2.24) is 20.0 Å². The molecule has 2 heterocycles. The summed E-state index contributed by atoms with van der Waals surface area (Å²) in [4.78, 5) is 33.1. The number of aryl methyl sites for hydroxylation is 2. The molecule has 0 fully saturated rings. The van der Waals surface area contributed by atoms with Gasteiger partial charge in [0.15, 0.2) is 20.4 Å². The van der Waals surface area contributed by atoms with E-state index in [1.807, 2.05) is 31.2 Å². The highest BCUT2D eigenvalue weighted by atomic mass is 32.2. The van der Waals surface area contributed by atoms with Crippen LogP contribution in [0.4, 0.5) is 0 Å². The molecule has 9 nitrogen and oxygen atoms in total. The minimum Gasteiger partial charge on any atom is -0.315 e. The number of hydrogen-bond acceptors (Lipinski definition) is 7. The summed E-state index contributed by atoms with van der Waals surface area (Å²) in [5.41, 5.74) is 4.40. The van der Waals surface area contributed by atoms with Crippen LogP contribution in [-0.2, 0) is 21.2 Å². The average molecular weight is 457 g/mol. The summed E-state index contributed by atoms with van der Waals surface area (Å²) >= 11 is 0. The number of hydroxylamine groups is 1. The van der Waals surface area contributed by atoms with E-state index in [2.05, 4.69) is 9.97 Å². The van der Waals surface area contributed by atoms with E-state index < -0.39 is 20.5 Å². The van der Waals surface area contributed by atoms with Crippen LogP contribution in [0.25, 0.3) is 22.5 Å². The molecule has 1 atom stereocenters. The largest absolute Gasteiger partial charge is 0.315 e. The first-order valence-electron chi connectivity index (χ1n) is 9.79. The molecule has 0 radical (unpaired) electrons. The summed E-state index contributed by atoms with van der Waals surface area (Å²) in [6, 6.07) is 10.7. The third-order valence-electron chi connectivity index (χ3n) is 5.48. The van der Waals surface area contributed by atoms with Crippen LogP contribution >= 0.6 is 0 Å². The van der Waals surface area contributed by atoms with E-state index in [9.17, 15) is 18.0 Å². The third-order valence-corrected chi connectivity index (χ3v) is 7.51. The van der Waals surface area contributed by atoms with E-state index in [4.69, 9.17) is 5.21 Å². The van der Waals surface area contributed by atoms with Gasteiger partial charge in [-0.1, -0.05) is 24.3 Å². The van der Waals surface area contributed by atoms with Crippen LogP contribution in [0.5, 0.6) is 0 Å². The minimum absolute atomic E-state index is 0.0141. The maximum atomic E-state index is 12.6. The van der Waals surface area contributed by atoms with Crippen molar-refractivity contribution in [2.45, 2.75) is 31.6 Å². The fourth-order valence-electron chi connectivity index (χ4n) is 3.14. The van der Waals surface area contributed by atoms with Crippen LogP contribution < -0.4 is 11.0 Å². The molecule has 10 heteroatoms. The second-order valence-electron chi connectivity index (χ2n) is 7.80. The summed E-state index contributed by atoms with van der Waals surface area (Å²) < 4.78 is 23.6. The molecule has 0 saturated carbocycles. The lowest BCUT2D eigenvalue weighted by Gasteiger charge is -2.25. The summed E-state index contributed by atoms with van der Waals surface area (Å²) in [6.07, 6.45) is 5.78. The maximum absolute atomic E-state index is 12.6. The fraction of sp³-hybridized carbons (Fsp3) is 0.273. The quantitative estimate of drug-likeness (QED) is 0.410. The molecular weight excluding hydrogens is 432 g/mol. The Kier molecular flexibility index (Phi) is 6.56. The molecule has 2 N–H and O–H groups in total. The van der Waals surface area contributed by atoms with Crippen LogP contribution in [0, 0.1) is 6.92 Å². The number of rotatable bonds is 7. The average Bonchev–Trinajstić information content (AvgIpc) is 2.77. The monoisotopic (exact) mass is 456 g/mol. The first kappa shape index (κ1) is 23.3. The Morgan fingerprint density at radius 2 is 1.69 bits per heavy atom. The van der Waals surface area contributed by atoms with Crippen LogP contribution in [-0.4, -0.2) is 45.1 Å². The fourth-order valence-corrected chi connectivity index (χ4v) is 3.99. The molecule has 0 aliphatic heterocycles. The van der Waals surface area contributed by atoms with Gasteiger partial charge in [0.25, 0.3) is 11.5 Å². The van der Waals surface area contributed by atoms with Gasteiger partial charge in [0.1, 0.15) is 0 Å². The first-order chi connectivity index (χ1) is 15.0. The lowest BCUT2D eigenvalue weighted by molar-refractivity contribution is -0.131. The number of carbonyl (C=O) groups excluding carboxylic acids is 1. The molecule has 2 aromatic heterocycles. The van der Waals surface area contributed by atoms with Gasteiger partial charge in [-0.15, -0.1) is 0 Å². The zero-order valence-electron chi connectivity index (χ0n) is 17.9. The van der Waals surface area contributed by atoms with Gasteiger partial charge < -0.3 is 4.57 Å². The molecule has 1 amide bonds. The topological polar surface area (TPSA) is 131 Å². The Hall–Kier alpha value is -3.37. The highest BCUT2D eigenvalue weighted by molar-refractivity contribution is 7.92. The number of nitrogens with one attached hydrogen (secondary N) is 1. The lowest BCUT2D eigenvalue weighted by Crippen LogP contribution is -2.49. The number of pyridine rings is 1. The smallest absolute Gasteiger partial charge is 0.264 e. The van der Waals surface area contributed by atoms with Crippen molar-refractivity contribution < 1.29 is 18.4 Å². The molecule has 0 aliphatic carbocycles. The lowest BCUT2D eigenvalue weighted by atomic mass is 10.0. The molecule has 0 bridgehead atoms. The van der Waals surface area contributed by atoms with Gasteiger partial charge in [-0.3, -0.25) is 14.8 Å². The Balaban J connectivity index is 1.80. The molecule has 32 heavy (non-hydrogen) atoms. The number of amides is 1. The summed E-state index contributed by atoms with van der Waals surface area (Å²) in [5, 5.41) is 8.91. The van der Waals surface area contributed by atoms with Crippen molar-refractivity contribution in [3.8, 4) is 22.5 Å². The number of benzene rings is 1. The predicted molar refractivity (Wildman–Crippen MR) is 120 cm³/mol. The Morgan fingerprint density at radius 3 is 2.22 bits per heavy atom. The van der Waals surface area contributed by atoms with Gasteiger partial charge in [-0.25, -0.2) is 23.9 Å². The Morgan fingerprint density at radius 1 is 1.09 bits per heavy atom. The van der Waals surface area contributed by atoms with Gasteiger partial charge in [0, 0.05) is 43.0 Å². The second-order valence-corrected chi connectivity index (χ2v) is 10.2. The van der Waals surface area contributed by atoms with Crippen LogP contribution in [0.15, 0.2) is 59.8 Å².